The van der Waals surface area contributed by atoms with Gasteiger partial charge in [0.05, 0.1) is 6.54 Å². The Morgan fingerprint density at radius 1 is 1.17 bits per heavy atom. The average Bonchev–Trinajstić information content (AvgIpc) is 2.46. The monoisotopic (exact) mass is 316 g/mol. The molecular weight excluding hydrogens is 288 g/mol. The molecule has 1 atom stereocenters. The fourth-order valence-electron chi connectivity index (χ4n) is 3.48. The van der Waals surface area contributed by atoms with Crippen molar-refractivity contribution in [1.82, 2.24) is 5.06 Å². The van der Waals surface area contributed by atoms with Gasteiger partial charge in [0.2, 0.25) is 0 Å². The van der Waals surface area contributed by atoms with Crippen LogP contribution in [0.1, 0.15) is 64.2 Å². The summed E-state index contributed by atoms with van der Waals surface area (Å²) in [4.78, 5) is 9.33. The number of hydrogen-bond donors (Lipinski definition) is 0. The van der Waals surface area contributed by atoms with E-state index in [1.54, 1.807) is 0 Å². The van der Waals surface area contributed by atoms with Crippen LogP contribution in [-0.2, 0) is 4.84 Å². The van der Waals surface area contributed by atoms with Crippen molar-refractivity contribution in [3.8, 4) is 0 Å². The summed E-state index contributed by atoms with van der Waals surface area (Å²) in [6.45, 7) is 11.2. The number of benzene rings is 1. The molecule has 5 heteroatoms. The summed E-state index contributed by atoms with van der Waals surface area (Å²) in [7, 11) is 0. The number of azide groups is 1. The summed E-state index contributed by atoms with van der Waals surface area (Å²) in [5.41, 5.74) is 10.9. The maximum atomic E-state index is 8.71. The second-order valence-electron chi connectivity index (χ2n) is 7.69. The van der Waals surface area contributed by atoms with Crippen LogP contribution in [0.5, 0.6) is 0 Å². The first-order valence-electron chi connectivity index (χ1n) is 8.31. The molecule has 1 aliphatic heterocycles. The molecule has 0 spiro atoms. The van der Waals surface area contributed by atoms with Crippen LogP contribution < -0.4 is 0 Å². The van der Waals surface area contributed by atoms with Crippen LogP contribution in [0.25, 0.3) is 10.4 Å². The normalized spacial score (nSPS) is 21.4. The van der Waals surface area contributed by atoms with E-state index < -0.39 is 0 Å². The van der Waals surface area contributed by atoms with Gasteiger partial charge in [-0.05, 0) is 65.0 Å². The fraction of sp³-hybridized carbons (Fsp3) is 0.667. The molecule has 5 nitrogen and oxygen atoms in total. The zero-order valence-corrected chi connectivity index (χ0v) is 14.9. The molecule has 1 saturated heterocycles. The molecule has 0 N–H and O–H groups in total. The van der Waals surface area contributed by atoms with Crippen LogP contribution >= 0.6 is 0 Å². The standard InChI is InChI=1S/C18H28N4O/c1-14-7-9-15(10-8-14)16(13-20-21-19)23-22-17(2,3)11-6-12-18(22,4)5/h7-10,16H,6,11-13H2,1-5H3. The van der Waals surface area contributed by atoms with Crippen LogP contribution in [0.4, 0.5) is 0 Å². The van der Waals surface area contributed by atoms with Gasteiger partial charge in [-0.1, -0.05) is 34.9 Å². The lowest BCUT2D eigenvalue weighted by molar-refractivity contribution is -0.305. The largest absolute Gasteiger partial charge is 0.290 e. The second-order valence-corrected chi connectivity index (χ2v) is 7.69. The predicted molar refractivity (Wildman–Crippen MR) is 92.9 cm³/mol. The molecule has 1 aliphatic rings. The van der Waals surface area contributed by atoms with Crippen molar-refractivity contribution in [3.05, 3.63) is 45.8 Å². The van der Waals surface area contributed by atoms with Crippen LogP contribution in [-0.4, -0.2) is 22.7 Å². The maximum Gasteiger partial charge on any atom is 0.110 e. The molecule has 0 bridgehead atoms. The van der Waals surface area contributed by atoms with Gasteiger partial charge in [0.25, 0.3) is 0 Å². The highest BCUT2D eigenvalue weighted by molar-refractivity contribution is 5.23. The Labute approximate surface area is 139 Å². The number of aryl methyl sites for hydroxylation is 1. The minimum atomic E-state index is -0.261. The lowest BCUT2D eigenvalue weighted by Gasteiger charge is -2.52. The Balaban J connectivity index is 2.28. The first-order valence-corrected chi connectivity index (χ1v) is 8.31. The highest BCUT2D eigenvalue weighted by Crippen LogP contribution is 2.40. The van der Waals surface area contributed by atoms with Crippen molar-refractivity contribution >= 4 is 0 Å². The Morgan fingerprint density at radius 2 is 1.74 bits per heavy atom. The number of piperidine rings is 1. The van der Waals surface area contributed by atoms with Crippen molar-refractivity contribution in [1.29, 1.82) is 0 Å². The second kappa shape index (κ2) is 6.91. The summed E-state index contributed by atoms with van der Waals surface area (Å²) in [5.74, 6) is 0. The molecule has 1 fully saturated rings. The molecule has 2 rings (SSSR count). The number of hydroxylamine groups is 2. The smallest absolute Gasteiger partial charge is 0.110 e. The van der Waals surface area contributed by atoms with Gasteiger partial charge in [-0.3, -0.25) is 4.84 Å². The molecule has 126 valence electrons. The first kappa shape index (κ1) is 17.8. The minimum Gasteiger partial charge on any atom is -0.290 e. The summed E-state index contributed by atoms with van der Waals surface area (Å²) in [6, 6.07) is 8.23. The van der Waals surface area contributed by atoms with E-state index in [0.717, 1.165) is 18.4 Å². The molecule has 1 unspecified atom stereocenters. The fourth-order valence-corrected chi connectivity index (χ4v) is 3.48. The van der Waals surface area contributed by atoms with Gasteiger partial charge in [0, 0.05) is 16.0 Å². The zero-order valence-electron chi connectivity index (χ0n) is 14.9. The molecule has 1 heterocycles. The van der Waals surface area contributed by atoms with E-state index in [-0.39, 0.29) is 17.2 Å². The Hall–Kier alpha value is -1.55. The van der Waals surface area contributed by atoms with Crippen LogP contribution in [0.2, 0.25) is 0 Å². The summed E-state index contributed by atoms with van der Waals surface area (Å²) in [5, 5.41) is 5.89. The molecule has 23 heavy (non-hydrogen) atoms. The van der Waals surface area contributed by atoms with Gasteiger partial charge in [0.1, 0.15) is 6.10 Å². The van der Waals surface area contributed by atoms with Crippen LogP contribution in [0.15, 0.2) is 29.4 Å². The lowest BCUT2D eigenvalue weighted by atomic mass is 9.82. The maximum absolute atomic E-state index is 8.71. The van der Waals surface area contributed by atoms with E-state index in [2.05, 4.69) is 74.0 Å². The molecule has 1 aromatic rings. The Bertz CT molecular complexity index is 557. The van der Waals surface area contributed by atoms with Gasteiger partial charge >= 0.3 is 0 Å². The summed E-state index contributed by atoms with van der Waals surface area (Å²) in [6.07, 6.45) is 3.13. The van der Waals surface area contributed by atoms with E-state index in [9.17, 15) is 0 Å². The molecule has 0 aliphatic carbocycles. The number of rotatable bonds is 5. The number of hydrogen-bond acceptors (Lipinski definition) is 3. The molecule has 0 amide bonds. The summed E-state index contributed by atoms with van der Waals surface area (Å²) < 4.78 is 0. The minimum absolute atomic E-state index is 0.0406. The number of nitrogens with zero attached hydrogens (tertiary/aromatic N) is 4. The van der Waals surface area contributed by atoms with Gasteiger partial charge in [-0.2, -0.15) is 5.06 Å². The third-order valence-electron chi connectivity index (χ3n) is 4.67. The van der Waals surface area contributed by atoms with Gasteiger partial charge in [0.15, 0.2) is 0 Å². The van der Waals surface area contributed by atoms with Crippen LogP contribution in [0, 0.1) is 6.92 Å². The van der Waals surface area contributed by atoms with Crippen molar-refractivity contribution in [2.45, 2.75) is 71.1 Å². The quantitative estimate of drug-likeness (QED) is 0.419. The molecular formula is C18H28N4O. The lowest BCUT2D eigenvalue weighted by Crippen LogP contribution is -2.58. The van der Waals surface area contributed by atoms with E-state index in [1.807, 2.05) is 0 Å². The first-order chi connectivity index (χ1) is 10.8. The Morgan fingerprint density at radius 3 is 2.26 bits per heavy atom. The van der Waals surface area contributed by atoms with E-state index in [4.69, 9.17) is 10.4 Å². The van der Waals surface area contributed by atoms with Crippen LogP contribution in [0.3, 0.4) is 0 Å². The Kier molecular flexibility index (Phi) is 5.35. The SMILES string of the molecule is Cc1ccc(C(CN=[N+]=[N-])ON2C(C)(C)CCCC2(C)C)cc1. The highest BCUT2D eigenvalue weighted by atomic mass is 16.7. The molecule has 0 radical (unpaired) electrons. The van der Waals surface area contributed by atoms with Gasteiger partial charge in [-0.25, -0.2) is 0 Å². The molecule has 0 aromatic heterocycles. The van der Waals surface area contributed by atoms with Gasteiger partial charge in [-0.15, -0.1) is 0 Å². The van der Waals surface area contributed by atoms with Crippen molar-refractivity contribution in [3.63, 3.8) is 0 Å². The van der Waals surface area contributed by atoms with E-state index in [1.165, 1.54) is 12.0 Å². The molecule has 1 aromatic carbocycles. The third kappa shape index (κ3) is 4.25. The van der Waals surface area contributed by atoms with Crippen molar-refractivity contribution < 1.29 is 4.84 Å². The van der Waals surface area contributed by atoms with Crippen molar-refractivity contribution in [2.24, 2.45) is 5.11 Å². The topological polar surface area (TPSA) is 61.2 Å². The highest BCUT2D eigenvalue weighted by Gasteiger charge is 2.43. The summed E-state index contributed by atoms with van der Waals surface area (Å²) >= 11 is 0. The third-order valence-corrected chi connectivity index (χ3v) is 4.67. The van der Waals surface area contributed by atoms with E-state index >= 15 is 0 Å². The van der Waals surface area contributed by atoms with Gasteiger partial charge < -0.3 is 0 Å². The average molecular weight is 316 g/mol. The molecule has 0 saturated carbocycles. The predicted octanol–water partition coefficient (Wildman–Crippen LogP) is 5.32. The van der Waals surface area contributed by atoms with E-state index in [0.29, 0.717) is 6.54 Å². The van der Waals surface area contributed by atoms with Crippen molar-refractivity contribution in [2.75, 3.05) is 6.54 Å². The zero-order chi connectivity index (χ0) is 17.1.